The van der Waals surface area contributed by atoms with Gasteiger partial charge in [-0.25, -0.2) is 9.13 Å². The molecule has 0 aliphatic heterocycles. The van der Waals surface area contributed by atoms with Gasteiger partial charge < -0.3 is 29.9 Å². The van der Waals surface area contributed by atoms with Crippen LogP contribution in [0.1, 0.15) is 108 Å². The van der Waals surface area contributed by atoms with Gasteiger partial charge in [0.2, 0.25) is 0 Å². The Morgan fingerprint density at radius 2 is 0.891 bits per heavy atom. The highest BCUT2D eigenvalue weighted by Gasteiger charge is 2.55. The van der Waals surface area contributed by atoms with Crippen molar-refractivity contribution in [3.63, 3.8) is 0 Å². The molecule has 0 bridgehead atoms. The Morgan fingerprint density at radius 3 is 1.31 bits per heavy atom. The van der Waals surface area contributed by atoms with Gasteiger partial charge in [0.05, 0.1) is 26.4 Å². The molecule has 1 fully saturated rings. The zero-order valence-electron chi connectivity index (χ0n) is 36.8. The highest BCUT2D eigenvalue weighted by atomic mass is 31.2. The van der Waals surface area contributed by atoms with Crippen LogP contribution in [0.3, 0.4) is 0 Å². The Kier molecular flexibility index (Phi) is 23.8. The van der Waals surface area contributed by atoms with Crippen molar-refractivity contribution in [1.82, 2.24) is 0 Å². The maximum Gasteiger partial charge on any atom is 0.475 e. The molecule has 3 aromatic carbocycles. The topological polar surface area (TPSA) is 223 Å². The van der Waals surface area contributed by atoms with Crippen LogP contribution in [0.2, 0.25) is 0 Å². The lowest BCUT2D eigenvalue weighted by Crippen LogP contribution is -2.64. The summed E-state index contributed by atoms with van der Waals surface area (Å²) in [5.74, 6) is -1.13. The number of aliphatic hydroxyl groups excluding tert-OH is 4. The van der Waals surface area contributed by atoms with Gasteiger partial charge in [0.15, 0.2) is 6.10 Å². The summed E-state index contributed by atoms with van der Waals surface area (Å²) >= 11 is 0. The van der Waals surface area contributed by atoms with Crippen LogP contribution < -0.4 is 0 Å². The van der Waals surface area contributed by atoms with Crippen molar-refractivity contribution in [3.05, 3.63) is 108 Å². The fourth-order valence-electron chi connectivity index (χ4n) is 6.65. The lowest BCUT2D eigenvalue weighted by molar-refractivity contribution is -0.218. The van der Waals surface area contributed by atoms with E-state index in [4.69, 9.17) is 36.6 Å². The molecule has 64 heavy (non-hydrogen) atoms. The predicted octanol–water partition coefficient (Wildman–Crippen LogP) is 8.27. The summed E-state index contributed by atoms with van der Waals surface area (Å²) in [6.07, 6.45) is -4.87. The Morgan fingerprint density at radius 1 is 0.500 bits per heavy atom. The number of carbonyl (C=O) groups excluding carboxylic acids is 2. The number of benzene rings is 3. The van der Waals surface area contributed by atoms with Crippen LogP contribution in [0.25, 0.3) is 0 Å². The highest BCUT2D eigenvalue weighted by Crippen LogP contribution is 2.56. The van der Waals surface area contributed by atoms with Crippen LogP contribution in [0.4, 0.5) is 0 Å². The van der Waals surface area contributed by atoms with Gasteiger partial charge in [0.25, 0.3) is 0 Å². The first-order valence-electron chi connectivity index (χ1n) is 22.2. The van der Waals surface area contributed by atoms with Crippen LogP contribution >= 0.6 is 15.6 Å². The zero-order valence-corrected chi connectivity index (χ0v) is 38.6. The predicted molar refractivity (Wildman–Crippen MR) is 236 cm³/mol. The van der Waals surface area contributed by atoms with E-state index in [1.807, 2.05) is 0 Å². The molecule has 1 aliphatic rings. The van der Waals surface area contributed by atoms with Crippen LogP contribution in [0.15, 0.2) is 91.0 Å². The van der Waals surface area contributed by atoms with E-state index >= 15 is 0 Å². The van der Waals surface area contributed by atoms with Crippen molar-refractivity contribution < 1.29 is 75.8 Å². The van der Waals surface area contributed by atoms with Gasteiger partial charge in [-0.2, -0.15) is 0 Å². The summed E-state index contributed by atoms with van der Waals surface area (Å²) in [5.41, 5.74) is 1.68. The number of rotatable bonds is 31. The monoisotopic (exact) mass is 936 g/mol. The van der Waals surface area contributed by atoms with Gasteiger partial charge in [-0.1, -0.05) is 156 Å². The number of carbonyl (C=O) groups is 2. The third-order valence-electron chi connectivity index (χ3n) is 10.4. The summed E-state index contributed by atoms with van der Waals surface area (Å²) in [6.45, 7) is 2.06. The first-order valence-corrected chi connectivity index (χ1v) is 25.1. The molecule has 18 heteroatoms. The van der Waals surface area contributed by atoms with E-state index < -0.39 is 83.5 Å². The van der Waals surface area contributed by atoms with E-state index in [9.17, 15) is 39.1 Å². The molecule has 8 atom stereocenters. The minimum absolute atomic E-state index is 0.0697. The number of phosphoric ester groups is 2. The molecule has 1 aliphatic carbocycles. The Hall–Kier alpha value is -3.34. The number of hydrogen-bond acceptors (Lipinski definition) is 16. The number of esters is 2. The summed E-state index contributed by atoms with van der Waals surface area (Å²) in [5, 5.41) is 45.1. The van der Waals surface area contributed by atoms with E-state index in [1.54, 1.807) is 91.0 Å². The molecule has 0 radical (unpaired) electrons. The molecule has 0 aromatic heterocycles. The molecule has 0 spiro atoms. The van der Waals surface area contributed by atoms with Crippen LogP contribution in [-0.2, 0) is 75.2 Å². The standard InChI is InChI=1S/C46H66O16P2/c1-3-5-7-9-20-28-39(47)55-33-38(60-40(48)29-21-10-8-6-4-2)34-59-64(54,58-32-37-26-18-13-19-27-37)62-46-43(51)41(49)42(50)45(44(46)52)61-63(53,56-30-35-22-14-11-15-23-35)57-31-36-24-16-12-17-25-36/h11-19,22-27,38,41-46,49-52H,3-10,20-21,28-34H2,1-2H3/t38-,41+,42+,43-,44-,45-,46+,64?/m0/s1. The quantitative estimate of drug-likeness (QED) is 0.0271. The normalized spacial score (nSPS) is 21.5. The average Bonchev–Trinajstić information content (AvgIpc) is 3.31. The molecule has 0 heterocycles. The summed E-state index contributed by atoms with van der Waals surface area (Å²) in [6, 6.07) is 25.7. The Labute approximate surface area is 376 Å². The van der Waals surface area contributed by atoms with Gasteiger partial charge in [-0.05, 0) is 29.5 Å². The molecular formula is C46H66O16P2. The summed E-state index contributed by atoms with van der Waals surface area (Å²) in [4.78, 5) is 25.7. The second-order valence-corrected chi connectivity index (χ2v) is 18.9. The third kappa shape index (κ3) is 18.9. The number of aliphatic hydroxyl groups is 4. The zero-order chi connectivity index (χ0) is 46.2. The maximum absolute atomic E-state index is 14.6. The summed E-state index contributed by atoms with van der Waals surface area (Å²) in [7, 11) is -9.74. The first-order chi connectivity index (χ1) is 30.8. The van der Waals surface area contributed by atoms with Crippen molar-refractivity contribution in [2.75, 3.05) is 13.2 Å². The lowest BCUT2D eigenvalue weighted by Gasteiger charge is -2.44. The minimum atomic E-state index is -5.00. The number of ether oxygens (including phenoxy) is 2. The van der Waals surface area contributed by atoms with Gasteiger partial charge in [-0.3, -0.25) is 36.7 Å². The molecule has 1 saturated carbocycles. The van der Waals surface area contributed by atoms with Crippen LogP contribution in [0.5, 0.6) is 0 Å². The van der Waals surface area contributed by atoms with E-state index in [2.05, 4.69) is 13.8 Å². The molecule has 356 valence electrons. The number of unbranched alkanes of at least 4 members (excludes halogenated alkanes) is 8. The SMILES string of the molecule is CCCCCCCC(=O)OC[C@@H](COP(=O)(OCc1ccccc1)O[C@H]1[C@@H](O)[C@@H](OP(=O)(OCc2ccccc2)OCc2ccccc2)[C@H](O)[C@@H](O)[C@@H]1O)OC(=O)CCCCCCC. The van der Waals surface area contributed by atoms with Crippen molar-refractivity contribution in [2.45, 2.75) is 153 Å². The van der Waals surface area contributed by atoms with Crippen LogP contribution in [-0.4, -0.2) is 88.3 Å². The number of hydrogen-bond donors (Lipinski definition) is 4. The van der Waals surface area contributed by atoms with E-state index in [0.29, 0.717) is 29.5 Å². The van der Waals surface area contributed by atoms with Gasteiger partial charge >= 0.3 is 27.6 Å². The highest BCUT2D eigenvalue weighted by molar-refractivity contribution is 7.48. The molecule has 1 unspecified atom stereocenters. The summed E-state index contributed by atoms with van der Waals surface area (Å²) < 4.78 is 74.3. The molecule has 16 nitrogen and oxygen atoms in total. The minimum Gasteiger partial charge on any atom is -0.462 e. The molecule has 3 aromatic rings. The molecule has 4 rings (SSSR count). The van der Waals surface area contributed by atoms with Crippen LogP contribution in [0, 0.1) is 0 Å². The van der Waals surface area contributed by atoms with Crippen molar-refractivity contribution in [2.24, 2.45) is 0 Å². The lowest BCUT2D eigenvalue weighted by atomic mass is 9.85. The van der Waals surface area contributed by atoms with Crippen molar-refractivity contribution in [3.8, 4) is 0 Å². The Bertz CT molecular complexity index is 1810. The van der Waals surface area contributed by atoms with Crippen molar-refractivity contribution >= 4 is 27.6 Å². The first kappa shape index (κ1) is 53.3. The molecule has 0 amide bonds. The van der Waals surface area contributed by atoms with Crippen molar-refractivity contribution in [1.29, 1.82) is 0 Å². The van der Waals surface area contributed by atoms with Gasteiger partial charge in [0.1, 0.15) is 43.2 Å². The third-order valence-corrected chi connectivity index (χ3v) is 13.2. The number of phosphoric acid groups is 2. The maximum atomic E-state index is 14.6. The van der Waals surface area contributed by atoms with Gasteiger partial charge in [-0.15, -0.1) is 0 Å². The second kappa shape index (κ2) is 28.6. The van der Waals surface area contributed by atoms with Gasteiger partial charge in [0, 0.05) is 12.8 Å². The molecular weight excluding hydrogens is 870 g/mol. The van der Waals surface area contributed by atoms with E-state index in [-0.39, 0.29) is 32.7 Å². The second-order valence-electron chi connectivity index (χ2n) is 15.7. The smallest absolute Gasteiger partial charge is 0.462 e. The fourth-order valence-corrected chi connectivity index (χ4v) is 9.41. The Balaban J connectivity index is 1.55. The molecule has 4 N–H and O–H groups in total. The van der Waals surface area contributed by atoms with E-state index in [1.165, 1.54) is 0 Å². The molecule has 0 saturated heterocycles. The largest absolute Gasteiger partial charge is 0.475 e. The van der Waals surface area contributed by atoms with E-state index in [0.717, 1.165) is 51.4 Å². The fraction of sp³-hybridized carbons (Fsp3) is 0.565. The average molecular weight is 937 g/mol.